The first kappa shape index (κ1) is 28.3. The Morgan fingerprint density at radius 1 is 1.12 bits per heavy atom. The number of carbonyl (C=O) groups excluding carboxylic acids is 4. The molecule has 43 heavy (non-hydrogen) atoms. The molecule has 6 rings (SSSR count). The number of nitrogens with one attached hydrogen (secondary N) is 2. The van der Waals surface area contributed by atoms with Crippen LogP contribution in [0, 0.1) is 0 Å². The van der Waals surface area contributed by atoms with Crippen molar-refractivity contribution in [3.8, 4) is 16.9 Å². The first-order valence-electron chi connectivity index (χ1n) is 14.2. The number of para-hydroxylation sites is 1. The Morgan fingerprint density at radius 3 is 2.67 bits per heavy atom. The smallest absolute Gasteiger partial charge is 0.265 e. The summed E-state index contributed by atoms with van der Waals surface area (Å²) in [5, 5.41) is 13.2. The highest BCUT2D eigenvalue weighted by molar-refractivity contribution is 6.06. The monoisotopic (exact) mass is 586 g/mol. The number of ether oxygens (including phenoxy) is 1. The number of likely N-dealkylation sites (tertiary alicyclic amines) is 1. The van der Waals surface area contributed by atoms with Crippen LogP contribution < -0.4 is 20.3 Å². The molecule has 5 atom stereocenters. The van der Waals surface area contributed by atoms with E-state index in [-0.39, 0.29) is 37.2 Å². The Labute approximate surface area is 247 Å². The van der Waals surface area contributed by atoms with E-state index >= 15 is 0 Å². The van der Waals surface area contributed by atoms with Crippen LogP contribution in [0.2, 0.25) is 0 Å². The van der Waals surface area contributed by atoms with Gasteiger partial charge in [-0.3, -0.25) is 19.2 Å². The molecule has 1 fully saturated rings. The van der Waals surface area contributed by atoms with Gasteiger partial charge in [-0.25, -0.2) is 4.39 Å². The lowest BCUT2D eigenvalue weighted by molar-refractivity contribution is -0.135. The summed E-state index contributed by atoms with van der Waals surface area (Å²) in [6.07, 6.45) is 1.02. The van der Waals surface area contributed by atoms with Gasteiger partial charge >= 0.3 is 0 Å². The molecule has 0 aliphatic carbocycles. The van der Waals surface area contributed by atoms with Gasteiger partial charge < -0.3 is 25.2 Å². The van der Waals surface area contributed by atoms with Gasteiger partial charge in [-0.15, -0.1) is 0 Å². The third-order valence-corrected chi connectivity index (χ3v) is 8.39. The summed E-state index contributed by atoms with van der Waals surface area (Å²) in [6, 6.07) is 11.1. The molecule has 0 bridgehead atoms. The first-order valence-corrected chi connectivity index (χ1v) is 14.2. The van der Waals surface area contributed by atoms with Crippen molar-refractivity contribution < 1.29 is 28.3 Å². The maximum absolute atomic E-state index is 14.7. The summed E-state index contributed by atoms with van der Waals surface area (Å²) in [7, 11) is 0. The van der Waals surface area contributed by atoms with E-state index in [9.17, 15) is 23.6 Å². The molecule has 3 amide bonds. The summed E-state index contributed by atoms with van der Waals surface area (Å²) >= 11 is 0. The number of Topliss-reactive ketones (excluding diaryl/α,β-unsaturated/α-hetero) is 1. The number of fused-ring (bicyclic) bond motifs is 2. The number of nitrogens with zero attached hydrogens (tertiary/aromatic N) is 4. The number of hydrogen-bond acceptors (Lipinski definition) is 8. The Kier molecular flexibility index (Phi) is 7.28. The van der Waals surface area contributed by atoms with E-state index in [2.05, 4.69) is 20.8 Å². The molecule has 12 heteroatoms. The number of alkyl halides is 1. The fourth-order valence-corrected chi connectivity index (χ4v) is 6.25. The van der Waals surface area contributed by atoms with E-state index in [1.54, 1.807) is 37.5 Å². The maximum atomic E-state index is 14.7. The minimum absolute atomic E-state index is 0.0346. The normalized spacial score (nSPS) is 24.1. The Morgan fingerprint density at radius 2 is 1.93 bits per heavy atom. The average Bonchev–Trinajstić information content (AvgIpc) is 3.51. The van der Waals surface area contributed by atoms with Crippen LogP contribution in [0.5, 0.6) is 5.75 Å². The van der Waals surface area contributed by atoms with Crippen molar-refractivity contribution in [3.05, 3.63) is 60.4 Å². The highest BCUT2D eigenvalue weighted by Gasteiger charge is 2.44. The standard InChI is InChI=1S/C31H31FN6O5/c1-16-28(17(2)39)22-11-19(20-9-10-33-34-13-20)7-8-24(22)37(16)15-27(40)38-14-21(32)12-25(38)31(42)35-23-5-4-6-26-29(23)36-30(41)18(3)43-26/h4-11,13,16,18,21,25,28H,12,14-15H2,1-3H3,(H,35,42)(H,36,41)/t16?,18?,21-,25+,28?/m1/s1. The second-order valence-corrected chi connectivity index (χ2v) is 11.2. The quantitative estimate of drug-likeness (QED) is 0.450. The van der Waals surface area contributed by atoms with E-state index in [0.29, 0.717) is 17.1 Å². The second kappa shape index (κ2) is 11.1. The maximum Gasteiger partial charge on any atom is 0.265 e. The van der Waals surface area contributed by atoms with Crippen molar-refractivity contribution in [1.82, 2.24) is 15.1 Å². The molecular weight excluding hydrogens is 555 g/mol. The number of ketones is 1. The molecule has 1 saturated heterocycles. The van der Waals surface area contributed by atoms with Gasteiger partial charge in [0.2, 0.25) is 11.8 Å². The van der Waals surface area contributed by atoms with Gasteiger partial charge in [-0.05, 0) is 62.2 Å². The summed E-state index contributed by atoms with van der Waals surface area (Å²) in [5.74, 6) is -1.45. The van der Waals surface area contributed by atoms with Crippen molar-refractivity contribution in [2.24, 2.45) is 0 Å². The molecule has 3 aromatic rings. The van der Waals surface area contributed by atoms with Crippen LogP contribution >= 0.6 is 0 Å². The minimum Gasteiger partial charge on any atom is -0.479 e. The van der Waals surface area contributed by atoms with Gasteiger partial charge in [0.15, 0.2) is 6.10 Å². The first-order chi connectivity index (χ1) is 20.6. The van der Waals surface area contributed by atoms with E-state index in [4.69, 9.17) is 4.74 Å². The van der Waals surface area contributed by atoms with Crippen molar-refractivity contribution in [2.45, 2.75) is 57.5 Å². The van der Waals surface area contributed by atoms with Crippen LogP contribution in [0.3, 0.4) is 0 Å². The number of anilines is 3. The number of benzene rings is 2. The molecular formula is C31H31FN6O5. The molecule has 3 aliphatic heterocycles. The van der Waals surface area contributed by atoms with E-state index in [1.807, 2.05) is 36.1 Å². The van der Waals surface area contributed by atoms with Crippen molar-refractivity contribution in [3.63, 3.8) is 0 Å². The Balaban J connectivity index is 1.22. The molecule has 222 valence electrons. The van der Waals surface area contributed by atoms with Gasteiger partial charge in [0.1, 0.15) is 29.4 Å². The van der Waals surface area contributed by atoms with Gasteiger partial charge in [0.25, 0.3) is 5.91 Å². The zero-order chi connectivity index (χ0) is 30.4. The fourth-order valence-electron chi connectivity index (χ4n) is 6.25. The third kappa shape index (κ3) is 5.17. The molecule has 0 spiro atoms. The highest BCUT2D eigenvalue weighted by Crippen LogP contribution is 2.43. The predicted octanol–water partition coefficient (Wildman–Crippen LogP) is 3.32. The SMILES string of the molecule is CC(=O)C1c2cc(-c3ccnnc3)ccc2N(CC(=O)N2C[C@H](F)C[C@H]2C(=O)Nc2cccc3c2NC(=O)C(C)O3)C1C. The van der Waals surface area contributed by atoms with Crippen molar-refractivity contribution in [1.29, 1.82) is 0 Å². The van der Waals surface area contributed by atoms with E-state index in [1.165, 1.54) is 11.8 Å². The van der Waals surface area contributed by atoms with Crippen LogP contribution in [-0.2, 0) is 19.2 Å². The van der Waals surface area contributed by atoms with Crippen molar-refractivity contribution in [2.75, 3.05) is 28.6 Å². The number of hydrogen-bond donors (Lipinski definition) is 2. The van der Waals surface area contributed by atoms with Gasteiger partial charge in [0.05, 0.1) is 37.1 Å². The van der Waals surface area contributed by atoms with E-state index in [0.717, 1.165) is 22.4 Å². The third-order valence-electron chi connectivity index (χ3n) is 8.39. The fraction of sp³-hybridized carbons (Fsp3) is 0.355. The summed E-state index contributed by atoms with van der Waals surface area (Å²) in [5.41, 5.74) is 3.87. The molecule has 2 N–H and O–H groups in total. The largest absolute Gasteiger partial charge is 0.479 e. The minimum atomic E-state index is -1.38. The predicted molar refractivity (Wildman–Crippen MR) is 157 cm³/mol. The van der Waals surface area contributed by atoms with Crippen LogP contribution in [0.25, 0.3) is 11.1 Å². The van der Waals surface area contributed by atoms with Crippen LogP contribution in [-0.4, -0.2) is 76.1 Å². The number of halogens is 1. The van der Waals surface area contributed by atoms with Crippen LogP contribution in [0.1, 0.15) is 38.7 Å². The van der Waals surface area contributed by atoms with E-state index < -0.39 is 36.0 Å². The molecule has 3 unspecified atom stereocenters. The Bertz CT molecular complexity index is 1620. The lowest BCUT2D eigenvalue weighted by atomic mass is 9.90. The molecule has 0 saturated carbocycles. The molecule has 3 aliphatic rings. The lowest BCUT2D eigenvalue weighted by Crippen LogP contribution is -2.48. The zero-order valence-electron chi connectivity index (χ0n) is 23.9. The molecule has 0 radical (unpaired) electrons. The lowest BCUT2D eigenvalue weighted by Gasteiger charge is -2.30. The second-order valence-electron chi connectivity index (χ2n) is 11.2. The number of carbonyl (C=O) groups is 4. The summed E-state index contributed by atoms with van der Waals surface area (Å²) in [4.78, 5) is 55.2. The van der Waals surface area contributed by atoms with Crippen LogP contribution in [0.4, 0.5) is 21.5 Å². The van der Waals surface area contributed by atoms with Crippen LogP contribution in [0.15, 0.2) is 54.9 Å². The topological polar surface area (TPSA) is 134 Å². The Hall–Kier alpha value is -4.87. The molecule has 4 heterocycles. The average molecular weight is 587 g/mol. The van der Waals surface area contributed by atoms with Gasteiger partial charge in [0, 0.05) is 23.7 Å². The van der Waals surface area contributed by atoms with Gasteiger partial charge in [-0.1, -0.05) is 12.1 Å². The molecule has 11 nitrogen and oxygen atoms in total. The highest BCUT2D eigenvalue weighted by atomic mass is 19.1. The number of rotatable bonds is 6. The molecule has 2 aromatic carbocycles. The molecule has 1 aromatic heterocycles. The number of aromatic nitrogens is 2. The zero-order valence-corrected chi connectivity index (χ0v) is 23.9. The number of amides is 3. The van der Waals surface area contributed by atoms with Gasteiger partial charge in [-0.2, -0.15) is 10.2 Å². The summed E-state index contributed by atoms with van der Waals surface area (Å²) < 4.78 is 20.4. The summed E-state index contributed by atoms with van der Waals surface area (Å²) in [6.45, 7) is 4.67. The van der Waals surface area contributed by atoms with Crippen molar-refractivity contribution >= 4 is 40.6 Å².